The Hall–Kier alpha value is -2.97. The van der Waals surface area contributed by atoms with E-state index in [2.05, 4.69) is 5.10 Å². The van der Waals surface area contributed by atoms with Crippen molar-refractivity contribution in [1.29, 1.82) is 0 Å². The van der Waals surface area contributed by atoms with E-state index in [0.29, 0.717) is 5.75 Å². The smallest absolute Gasteiger partial charge is 0.282 e. The molecule has 0 saturated carbocycles. The Morgan fingerprint density at radius 1 is 1.30 bits per heavy atom. The number of hydrogen-bond donors (Lipinski definition) is 0. The fourth-order valence-electron chi connectivity index (χ4n) is 1.59. The van der Waals surface area contributed by atoms with Crippen LogP contribution in [0.25, 0.3) is 0 Å². The number of benzene rings is 1. The molecular weight excluding hydrogens is 268 g/mol. The Morgan fingerprint density at radius 3 is 2.60 bits per heavy atom. The number of nitro groups is 2. The van der Waals surface area contributed by atoms with E-state index in [-0.39, 0.29) is 23.5 Å². The van der Waals surface area contributed by atoms with Gasteiger partial charge in [0.1, 0.15) is 6.61 Å². The number of aryl methyl sites for hydroxylation is 1. The maximum Gasteiger partial charge on any atom is 0.282 e. The van der Waals surface area contributed by atoms with Crippen LogP contribution in [0.3, 0.4) is 0 Å². The standard InChI is InChI=1S/C11H10N4O5/c1-13-6-10(5-12-13)20-7-8-2-3-9(14(16)17)4-11(8)15(18)19/h2-6H,7H2,1H3. The lowest BCUT2D eigenvalue weighted by Crippen LogP contribution is -2.01. The number of hydrogen-bond acceptors (Lipinski definition) is 6. The molecule has 0 aliphatic heterocycles. The fourth-order valence-corrected chi connectivity index (χ4v) is 1.59. The van der Waals surface area contributed by atoms with Crippen molar-refractivity contribution < 1.29 is 14.6 Å². The Balaban J connectivity index is 2.22. The third kappa shape index (κ3) is 2.88. The van der Waals surface area contributed by atoms with Gasteiger partial charge in [-0.15, -0.1) is 0 Å². The molecule has 0 saturated heterocycles. The molecule has 0 atom stereocenters. The van der Waals surface area contributed by atoms with E-state index in [1.54, 1.807) is 13.2 Å². The largest absolute Gasteiger partial charge is 0.485 e. The van der Waals surface area contributed by atoms with Gasteiger partial charge in [0.05, 0.1) is 33.9 Å². The molecule has 9 heteroatoms. The molecule has 0 N–H and O–H groups in total. The summed E-state index contributed by atoms with van der Waals surface area (Å²) in [6.45, 7) is -0.0694. The van der Waals surface area contributed by atoms with Gasteiger partial charge in [0.15, 0.2) is 5.75 Å². The van der Waals surface area contributed by atoms with Crippen molar-refractivity contribution in [1.82, 2.24) is 9.78 Å². The Labute approximate surface area is 112 Å². The molecule has 2 rings (SSSR count). The summed E-state index contributed by atoms with van der Waals surface area (Å²) in [5.74, 6) is 0.458. The molecule has 0 unspecified atom stereocenters. The van der Waals surface area contributed by atoms with Crippen molar-refractivity contribution in [2.45, 2.75) is 6.61 Å². The molecule has 0 aliphatic carbocycles. The minimum atomic E-state index is -0.682. The molecule has 0 radical (unpaired) electrons. The zero-order valence-electron chi connectivity index (χ0n) is 10.4. The van der Waals surface area contributed by atoms with Gasteiger partial charge in [0.25, 0.3) is 11.4 Å². The van der Waals surface area contributed by atoms with Crippen molar-refractivity contribution in [2.75, 3.05) is 0 Å². The second-order valence-electron chi connectivity index (χ2n) is 3.97. The van der Waals surface area contributed by atoms with Gasteiger partial charge in [0.2, 0.25) is 0 Å². The van der Waals surface area contributed by atoms with E-state index in [9.17, 15) is 20.2 Å². The SMILES string of the molecule is Cn1cc(OCc2ccc([N+](=O)[O-])cc2[N+](=O)[O-])cn1. The van der Waals surface area contributed by atoms with Crippen LogP contribution in [0.5, 0.6) is 5.75 Å². The van der Waals surface area contributed by atoms with Crippen LogP contribution < -0.4 is 4.74 Å². The first-order chi connectivity index (χ1) is 9.47. The van der Waals surface area contributed by atoms with Crippen LogP contribution in [0.4, 0.5) is 11.4 Å². The van der Waals surface area contributed by atoms with Crippen molar-refractivity contribution in [2.24, 2.45) is 7.05 Å². The van der Waals surface area contributed by atoms with Gasteiger partial charge in [-0.25, -0.2) is 0 Å². The lowest BCUT2D eigenvalue weighted by atomic mass is 10.1. The van der Waals surface area contributed by atoms with Crippen LogP contribution in [0.2, 0.25) is 0 Å². The van der Waals surface area contributed by atoms with Gasteiger partial charge in [-0.2, -0.15) is 5.10 Å². The molecule has 1 heterocycles. The summed E-state index contributed by atoms with van der Waals surface area (Å²) >= 11 is 0. The average molecular weight is 278 g/mol. The highest BCUT2D eigenvalue weighted by molar-refractivity contribution is 5.49. The number of nitrogens with zero attached hydrogens (tertiary/aromatic N) is 4. The quantitative estimate of drug-likeness (QED) is 0.608. The average Bonchev–Trinajstić information content (AvgIpc) is 2.81. The van der Waals surface area contributed by atoms with Gasteiger partial charge in [0, 0.05) is 13.1 Å². The first-order valence-electron chi connectivity index (χ1n) is 5.50. The van der Waals surface area contributed by atoms with Crippen molar-refractivity contribution >= 4 is 11.4 Å². The van der Waals surface area contributed by atoms with E-state index in [1.165, 1.54) is 23.0 Å². The monoisotopic (exact) mass is 278 g/mol. The minimum absolute atomic E-state index is 0.0694. The topological polar surface area (TPSA) is 113 Å². The zero-order valence-corrected chi connectivity index (χ0v) is 10.4. The zero-order chi connectivity index (χ0) is 14.7. The van der Waals surface area contributed by atoms with E-state index < -0.39 is 9.85 Å². The third-order valence-electron chi connectivity index (χ3n) is 2.55. The van der Waals surface area contributed by atoms with Gasteiger partial charge in [-0.1, -0.05) is 0 Å². The maximum absolute atomic E-state index is 10.9. The van der Waals surface area contributed by atoms with Crippen molar-refractivity contribution in [3.8, 4) is 5.75 Å². The first kappa shape index (κ1) is 13.5. The molecule has 0 aliphatic rings. The molecule has 1 aromatic carbocycles. The molecular formula is C11H10N4O5. The fraction of sp³-hybridized carbons (Fsp3) is 0.182. The number of non-ortho nitro benzene ring substituents is 1. The third-order valence-corrected chi connectivity index (χ3v) is 2.55. The molecule has 20 heavy (non-hydrogen) atoms. The first-order valence-corrected chi connectivity index (χ1v) is 5.50. The summed E-state index contributed by atoms with van der Waals surface area (Å²) in [5.41, 5.74) is -0.422. The molecule has 0 spiro atoms. The Morgan fingerprint density at radius 2 is 2.05 bits per heavy atom. The molecule has 9 nitrogen and oxygen atoms in total. The van der Waals surface area contributed by atoms with Crippen LogP contribution in [0.1, 0.15) is 5.56 Å². The van der Waals surface area contributed by atoms with Gasteiger partial charge >= 0.3 is 0 Å². The van der Waals surface area contributed by atoms with Crippen LogP contribution in [-0.2, 0) is 13.7 Å². The summed E-state index contributed by atoms with van der Waals surface area (Å²) in [7, 11) is 1.71. The second-order valence-corrected chi connectivity index (χ2v) is 3.97. The van der Waals surface area contributed by atoms with E-state index >= 15 is 0 Å². The van der Waals surface area contributed by atoms with Crippen molar-refractivity contribution in [3.05, 3.63) is 56.4 Å². The highest BCUT2D eigenvalue weighted by Crippen LogP contribution is 2.25. The number of ether oxygens (including phenoxy) is 1. The van der Waals surface area contributed by atoms with Gasteiger partial charge in [-0.3, -0.25) is 24.9 Å². The summed E-state index contributed by atoms with van der Waals surface area (Å²) in [4.78, 5) is 20.2. The predicted molar refractivity (Wildman–Crippen MR) is 67.3 cm³/mol. The predicted octanol–water partition coefficient (Wildman–Crippen LogP) is 1.82. The molecule has 0 bridgehead atoms. The minimum Gasteiger partial charge on any atom is -0.485 e. The van der Waals surface area contributed by atoms with Crippen LogP contribution in [0.15, 0.2) is 30.6 Å². The van der Waals surface area contributed by atoms with Crippen LogP contribution in [0, 0.1) is 20.2 Å². The second kappa shape index (κ2) is 5.34. The van der Waals surface area contributed by atoms with Gasteiger partial charge < -0.3 is 4.74 Å². The van der Waals surface area contributed by atoms with E-state index in [1.807, 2.05) is 0 Å². The lowest BCUT2D eigenvalue weighted by Gasteiger charge is -2.04. The Bertz CT molecular complexity index is 667. The molecule has 104 valence electrons. The summed E-state index contributed by atoms with van der Waals surface area (Å²) < 4.78 is 6.87. The normalized spacial score (nSPS) is 10.2. The number of rotatable bonds is 5. The number of nitro benzene ring substituents is 2. The highest BCUT2D eigenvalue weighted by atomic mass is 16.6. The van der Waals surface area contributed by atoms with Crippen molar-refractivity contribution in [3.63, 3.8) is 0 Å². The summed E-state index contributed by atoms with van der Waals surface area (Å²) in [6, 6.07) is 3.43. The van der Waals surface area contributed by atoms with E-state index in [4.69, 9.17) is 4.74 Å². The number of aromatic nitrogens is 2. The molecule has 1 aromatic heterocycles. The Kier molecular flexibility index (Phi) is 3.60. The van der Waals surface area contributed by atoms with Gasteiger partial charge in [-0.05, 0) is 6.07 Å². The maximum atomic E-state index is 10.9. The molecule has 0 amide bonds. The highest BCUT2D eigenvalue weighted by Gasteiger charge is 2.19. The van der Waals surface area contributed by atoms with Crippen LogP contribution >= 0.6 is 0 Å². The van der Waals surface area contributed by atoms with Crippen LogP contribution in [-0.4, -0.2) is 19.6 Å². The molecule has 2 aromatic rings. The summed E-state index contributed by atoms with van der Waals surface area (Å²) in [5, 5.41) is 25.4. The molecule has 0 fully saturated rings. The lowest BCUT2D eigenvalue weighted by molar-refractivity contribution is -0.394. The van der Waals surface area contributed by atoms with E-state index in [0.717, 1.165) is 6.07 Å². The summed E-state index contributed by atoms with van der Waals surface area (Å²) in [6.07, 6.45) is 3.08.